The molecule has 0 amide bonds. The van der Waals surface area contributed by atoms with Crippen LogP contribution in [0.4, 0.5) is 0 Å². The van der Waals surface area contributed by atoms with E-state index in [1.807, 2.05) is 0 Å². The summed E-state index contributed by atoms with van der Waals surface area (Å²) in [6.07, 6.45) is -44.4. The Morgan fingerprint density at radius 1 is 0.351 bits per heavy atom. The smallest absolute Gasteiger partial charge is 0.187 e. The van der Waals surface area contributed by atoms with Gasteiger partial charge in [0.25, 0.3) is 0 Å². The van der Waals surface area contributed by atoms with E-state index < -0.39 is 187 Å². The third kappa shape index (κ3) is 9.72. The van der Waals surface area contributed by atoms with Gasteiger partial charge in [-0.3, -0.25) is 0 Å². The topological polar surface area (TPSA) is 416 Å². The predicted molar refractivity (Wildman–Crippen MR) is 171 cm³/mol. The molecule has 5 saturated heterocycles. The summed E-state index contributed by atoms with van der Waals surface area (Å²) < 4.78 is 54.6. The van der Waals surface area contributed by atoms with Gasteiger partial charge in [0, 0.05) is 7.11 Å². The summed E-state index contributed by atoms with van der Waals surface area (Å²) in [6.45, 7) is -4.19. The van der Waals surface area contributed by atoms with E-state index in [-0.39, 0.29) is 0 Å². The number of rotatable bonds is 14. The SMILES string of the molecule is CO[C@@H]1C(O)[C@H](O[C@@H]2C(O)[C@H](O)OC(CO)[C@@H]2O)OC(CO[C@@H]2OC(CO)[C@H](O)[C@H](O[C@@H]3OC(CO)[C@H](O)[C@H](O[C@@H]4OC(CO)[C@H](O)[C@H](O)C4O)C3O)C2O)[C@@H]1O. The van der Waals surface area contributed by atoms with Crippen molar-refractivity contribution in [2.75, 3.05) is 40.1 Å². The largest absolute Gasteiger partial charge is 0.394 e. The lowest BCUT2D eigenvalue weighted by Crippen LogP contribution is -2.67. The van der Waals surface area contributed by atoms with Crippen molar-refractivity contribution in [1.29, 1.82) is 0 Å². The van der Waals surface area contributed by atoms with E-state index in [9.17, 15) is 81.7 Å². The monoisotopic (exact) mass is 842 g/mol. The highest BCUT2D eigenvalue weighted by molar-refractivity contribution is 4.98. The molecule has 0 bridgehead atoms. The molecule has 334 valence electrons. The number of ether oxygens (including phenoxy) is 10. The molecule has 0 aliphatic carbocycles. The fourth-order valence-corrected chi connectivity index (χ4v) is 7.17. The van der Waals surface area contributed by atoms with E-state index in [1.165, 1.54) is 0 Å². The number of aliphatic hydroxyl groups is 16. The van der Waals surface area contributed by atoms with Crippen LogP contribution in [0.5, 0.6) is 0 Å². The molecule has 0 saturated carbocycles. The number of methoxy groups -OCH3 is 1. The van der Waals surface area contributed by atoms with Crippen molar-refractivity contribution in [1.82, 2.24) is 0 Å². The maximum atomic E-state index is 11.3. The molecule has 0 aromatic heterocycles. The van der Waals surface area contributed by atoms with E-state index in [1.54, 1.807) is 0 Å². The lowest BCUT2D eigenvalue weighted by molar-refractivity contribution is -0.384. The first-order valence-corrected chi connectivity index (χ1v) is 18.0. The van der Waals surface area contributed by atoms with Gasteiger partial charge in [-0.05, 0) is 0 Å². The fraction of sp³-hybridized carbons (Fsp3) is 1.00. The Hall–Kier alpha value is -1.04. The lowest BCUT2D eigenvalue weighted by atomic mass is 9.96. The highest BCUT2D eigenvalue weighted by Gasteiger charge is 2.55. The number of hydrogen-bond acceptors (Lipinski definition) is 26. The Morgan fingerprint density at radius 3 is 1.18 bits per heavy atom. The van der Waals surface area contributed by atoms with E-state index in [0.717, 1.165) is 7.11 Å². The first kappa shape index (κ1) is 47.0. The van der Waals surface area contributed by atoms with Crippen molar-refractivity contribution in [3.63, 3.8) is 0 Å². The summed E-state index contributed by atoms with van der Waals surface area (Å²) in [5.74, 6) is 0. The zero-order valence-corrected chi connectivity index (χ0v) is 30.2. The first-order chi connectivity index (χ1) is 27.0. The molecule has 0 spiro atoms. The highest BCUT2D eigenvalue weighted by atomic mass is 16.8. The Morgan fingerprint density at radius 2 is 0.702 bits per heavy atom. The molecule has 0 aromatic carbocycles. The minimum absolute atomic E-state index is 0.729. The molecule has 5 aliphatic rings. The Kier molecular flexibility index (Phi) is 16.7. The second-order valence-electron chi connectivity index (χ2n) is 14.2. The molecule has 0 aromatic rings. The van der Waals surface area contributed by atoms with Crippen LogP contribution in [-0.4, -0.2) is 275 Å². The summed E-state index contributed by atoms with van der Waals surface area (Å²) in [6, 6.07) is 0. The standard InChI is InChI=1S/C31H54O26/c1-48-23-16(40)11(54-30(20(23)44)55-24-13(37)8(3-33)50-27(47)19(24)43)6-49-28-21(45)25(14(38)9(4-34)51-28)57-31-22(46)26(15(39)10(5-35)53-31)56-29-18(42)17(41)12(36)7(2-32)52-29/h7-47H,2-6H2,1H3/t7?,8?,9?,10?,11?,12-,13-,14-,15-,16-,17-,18?,19?,20?,21?,22?,23-,24-,25-,26-,27+,28+,29-,30-,31-/m0/s1. The van der Waals surface area contributed by atoms with Crippen molar-refractivity contribution in [2.24, 2.45) is 0 Å². The van der Waals surface area contributed by atoms with Crippen LogP contribution in [0.3, 0.4) is 0 Å². The van der Waals surface area contributed by atoms with E-state index in [0.29, 0.717) is 0 Å². The normalized spacial score (nSPS) is 52.5. The lowest BCUT2D eigenvalue weighted by Gasteiger charge is -2.48. The molecule has 5 fully saturated rings. The van der Waals surface area contributed by atoms with Crippen molar-refractivity contribution in [3.05, 3.63) is 0 Å². The van der Waals surface area contributed by atoms with Crippen molar-refractivity contribution in [3.8, 4) is 0 Å². The summed E-state index contributed by atoms with van der Waals surface area (Å²) in [4.78, 5) is 0. The molecule has 5 heterocycles. The molecule has 5 aliphatic heterocycles. The maximum absolute atomic E-state index is 11.3. The molecule has 26 heteroatoms. The molecule has 5 rings (SSSR count). The minimum atomic E-state index is -2.08. The van der Waals surface area contributed by atoms with Gasteiger partial charge in [0.05, 0.1) is 33.0 Å². The van der Waals surface area contributed by atoms with Crippen molar-refractivity contribution < 1.29 is 129 Å². The summed E-state index contributed by atoms with van der Waals surface area (Å²) in [5.41, 5.74) is 0. The van der Waals surface area contributed by atoms with Gasteiger partial charge in [-0.25, -0.2) is 0 Å². The van der Waals surface area contributed by atoms with Gasteiger partial charge in [0.15, 0.2) is 31.5 Å². The molecule has 10 unspecified atom stereocenters. The van der Waals surface area contributed by atoms with Gasteiger partial charge >= 0.3 is 0 Å². The molecular formula is C31H54O26. The van der Waals surface area contributed by atoms with Gasteiger partial charge in [0.1, 0.15) is 122 Å². The van der Waals surface area contributed by atoms with Crippen molar-refractivity contribution >= 4 is 0 Å². The van der Waals surface area contributed by atoms with Gasteiger partial charge in [-0.1, -0.05) is 0 Å². The minimum Gasteiger partial charge on any atom is -0.394 e. The zero-order valence-electron chi connectivity index (χ0n) is 30.2. The maximum Gasteiger partial charge on any atom is 0.187 e. The molecular weight excluding hydrogens is 788 g/mol. The van der Waals surface area contributed by atoms with Crippen LogP contribution in [0.1, 0.15) is 0 Å². The average molecular weight is 843 g/mol. The van der Waals surface area contributed by atoms with Gasteiger partial charge in [-0.2, -0.15) is 0 Å². The van der Waals surface area contributed by atoms with Crippen LogP contribution in [-0.2, 0) is 47.4 Å². The third-order valence-electron chi connectivity index (χ3n) is 10.5. The summed E-state index contributed by atoms with van der Waals surface area (Å²) >= 11 is 0. The van der Waals surface area contributed by atoms with Gasteiger partial charge < -0.3 is 129 Å². The van der Waals surface area contributed by atoms with Crippen LogP contribution in [0.15, 0.2) is 0 Å². The molecule has 0 radical (unpaired) electrons. The second kappa shape index (κ2) is 20.2. The quantitative estimate of drug-likeness (QED) is 0.0772. The average Bonchev–Trinajstić information content (AvgIpc) is 3.19. The molecule has 26 nitrogen and oxygen atoms in total. The first-order valence-electron chi connectivity index (χ1n) is 18.0. The van der Waals surface area contributed by atoms with Crippen LogP contribution in [0.25, 0.3) is 0 Å². The van der Waals surface area contributed by atoms with Crippen LogP contribution in [0.2, 0.25) is 0 Å². The van der Waals surface area contributed by atoms with E-state index >= 15 is 0 Å². The Balaban J connectivity index is 1.28. The zero-order chi connectivity index (χ0) is 42.0. The summed E-state index contributed by atoms with van der Waals surface area (Å²) in [7, 11) is 1.12. The Labute approximate surface area is 323 Å². The predicted octanol–water partition coefficient (Wildman–Crippen LogP) is -11.3. The third-order valence-corrected chi connectivity index (χ3v) is 10.5. The van der Waals surface area contributed by atoms with Crippen LogP contribution >= 0.6 is 0 Å². The van der Waals surface area contributed by atoms with Crippen LogP contribution in [0, 0.1) is 0 Å². The van der Waals surface area contributed by atoms with Crippen molar-refractivity contribution in [2.45, 2.75) is 154 Å². The van der Waals surface area contributed by atoms with Gasteiger partial charge in [-0.15, -0.1) is 0 Å². The summed E-state index contributed by atoms with van der Waals surface area (Å²) in [5, 5.41) is 167. The second-order valence-corrected chi connectivity index (χ2v) is 14.2. The number of hydrogen-bond donors (Lipinski definition) is 16. The Bertz CT molecular complexity index is 1220. The van der Waals surface area contributed by atoms with Gasteiger partial charge in [0.2, 0.25) is 0 Å². The fourth-order valence-electron chi connectivity index (χ4n) is 7.17. The molecule has 25 atom stereocenters. The molecule has 57 heavy (non-hydrogen) atoms. The molecule has 16 N–H and O–H groups in total. The number of aliphatic hydroxyl groups excluding tert-OH is 16. The highest BCUT2D eigenvalue weighted by Crippen LogP contribution is 2.34. The van der Waals surface area contributed by atoms with E-state index in [2.05, 4.69) is 0 Å². The van der Waals surface area contributed by atoms with E-state index in [4.69, 9.17) is 47.4 Å². The van der Waals surface area contributed by atoms with Crippen LogP contribution < -0.4 is 0 Å².